The molecule has 0 aliphatic rings. The molecule has 0 aliphatic carbocycles. The summed E-state index contributed by atoms with van der Waals surface area (Å²) in [6.45, 7) is 0.101. The quantitative estimate of drug-likeness (QED) is 0.715. The molecular weight excluding hydrogens is 293 g/mol. The number of hydrogen-bond acceptors (Lipinski definition) is 3. The van der Waals surface area contributed by atoms with E-state index in [4.69, 9.17) is 4.74 Å². The van der Waals surface area contributed by atoms with Gasteiger partial charge in [-0.05, 0) is 41.1 Å². The predicted octanol–water partition coefficient (Wildman–Crippen LogP) is 4.28. The van der Waals surface area contributed by atoms with Crippen molar-refractivity contribution in [2.24, 2.45) is 0 Å². The maximum atomic E-state index is 13.7. The minimum atomic E-state index is -0.538. The second-order valence-electron chi connectivity index (χ2n) is 5.19. The highest BCUT2D eigenvalue weighted by molar-refractivity contribution is 5.99. The van der Waals surface area contributed by atoms with Crippen LogP contribution in [0.3, 0.4) is 0 Å². The molecule has 4 heteroatoms. The zero-order chi connectivity index (χ0) is 16.2. The molecule has 3 aromatic carbocycles. The Morgan fingerprint density at radius 2 is 1.83 bits per heavy atom. The maximum Gasteiger partial charge on any atom is 0.181 e. The van der Waals surface area contributed by atoms with Gasteiger partial charge in [-0.1, -0.05) is 30.3 Å². The van der Waals surface area contributed by atoms with E-state index in [0.29, 0.717) is 5.56 Å². The molecule has 0 heterocycles. The van der Waals surface area contributed by atoms with Gasteiger partial charge in [-0.15, -0.1) is 0 Å². The van der Waals surface area contributed by atoms with Crippen molar-refractivity contribution in [1.29, 1.82) is 0 Å². The van der Waals surface area contributed by atoms with Gasteiger partial charge in [-0.25, -0.2) is 4.39 Å². The lowest BCUT2D eigenvalue weighted by Crippen LogP contribution is -2.14. The Morgan fingerprint density at radius 1 is 1.04 bits per heavy atom. The largest absolute Gasteiger partial charge is 0.494 e. The summed E-state index contributed by atoms with van der Waals surface area (Å²) in [4.78, 5) is 12.2. The molecule has 0 fully saturated rings. The number of carbonyl (C=O) groups is 1. The van der Waals surface area contributed by atoms with Crippen molar-refractivity contribution in [3.63, 3.8) is 0 Å². The summed E-state index contributed by atoms with van der Waals surface area (Å²) in [5.41, 5.74) is 1.17. The topological polar surface area (TPSA) is 38.3 Å². The molecule has 3 aromatic rings. The van der Waals surface area contributed by atoms with Crippen LogP contribution >= 0.6 is 0 Å². The molecular formula is C19H16FNO2. The predicted molar refractivity (Wildman–Crippen MR) is 89.7 cm³/mol. The molecule has 0 saturated carbocycles. The molecule has 1 N–H and O–H groups in total. The number of hydrogen-bond donors (Lipinski definition) is 1. The summed E-state index contributed by atoms with van der Waals surface area (Å²) in [6.07, 6.45) is 0. The lowest BCUT2D eigenvalue weighted by Gasteiger charge is -2.08. The van der Waals surface area contributed by atoms with Crippen molar-refractivity contribution in [3.8, 4) is 5.75 Å². The number of carbonyl (C=O) groups excluding carboxylic acids is 1. The van der Waals surface area contributed by atoms with E-state index in [9.17, 15) is 9.18 Å². The number of Topliss-reactive ketones (excluding diaryl/α,β-unsaturated/α-hetero) is 1. The summed E-state index contributed by atoms with van der Waals surface area (Å²) in [5, 5.41) is 5.32. The Labute approximate surface area is 133 Å². The third-order valence-corrected chi connectivity index (χ3v) is 3.68. The van der Waals surface area contributed by atoms with Gasteiger partial charge in [0.05, 0.1) is 13.7 Å². The van der Waals surface area contributed by atoms with Crippen LogP contribution in [0.4, 0.5) is 10.1 Å². The molecule has 0 bridgehead atoms. The van der Waals surface area contributed by atoms with Gasteiger partial charge in [0.25, 0.3) is 0 Å². The van der Waals surface area contributed by atoms with Crippen LogP contribution in [0, 0.1) is 5.82 Å². The number of fused-ring (bicyclic) bond motifs is 1. The number of ketones is 1. The van der Waals surface area contributed by atoms with E-state index < -0.39 is 5.82 Å². The zero-order valence-electron chi connectivity index (χ0n) is 12.7. The third-order valence-electron chi connectivity index (χ3n) is 3.68. The lowest BCUT2D eigenvalue weighted by atomic mass is 10.1. The third kappa shape index (κ3) is 3.31. The Hall–Kier alpha value is -2.88. The molecule has 0 amide bonds. The van der Waals surface area contributed by atoms with Crippen LogP contribution in [0.5, 0.6) is 5.75 Å². The summed E-state index contributed by atoms with van der Waals surface area (Å²) in [6, 6.07) is 18.1. The van der Waals surface area contributed by atoms with Crippen molar-refractivity contribution in [1.82, 2.24) is 0 Å². The second-order valence-corrected chi connectivity index (χ2v) is 5.19. The van der Waals surface area contributed by atoms with Crippen molar-refractivity contribution in [3.05, 3.63) is 72.0 Å². The van der Waals surface area contributed by atoms with E-state index >= 15 is 0 Å². The molecule has 0 unspecified atom stereocenters. The van der Waals surface area contributed by atoms with Gasteiger partial charge in [0.15, 0.2) is 17.3 Å². The number of nitrogens with one attached hydrogen (secondary N) is 1. The summed E-state index contributed by atoms with van der Waals surface area (Å²) < 4.78 is 18.5. The number of halogens is 1. The first kappa shape index (κ1) is 15.0. The summed E-state index contributed by atoms with van der Waals surface area (Å²) >= 11 is 0. The van der Waals surface area contributed by atoms with Gasteiger partial charge in [-0.2, -0.15) is 0 Å². The van der Waals surface area contributed by atoms with E-state index in [1.165, 1.54) is 19.2 Å². The van der Waals surface area contributed by atoms with Gasteiger partial charge in [0, 0.05) is 11.3 Å². The number of rotatable bonds is 5. The zero-order valence-corrected chi connectivity index (χ0v) is 12.7. The van der Waals surface area contributed by atoms with E-state index in [-0.39, 0.29) is 18.1 Å². The average Bonchev–Trinajstić information content (AvgIpc) is 2.59. The monoisotopic (exact) mass is 309 g/mol. The molecule has 3 rings (SSSR count). The Kier molecular flexibility index (Phi) is 4.24. The molecule has 0 spiro atoms. The lowest BCUT2D eigenvalue weighted by molar-refractivity contribution is 0.101. The van der Waals surface area contributed by atoms with Crippen LogP contribution in [0.2, 0.25) is 0 Å². The molecule has 3 nitrogen and oxygen atoms in total. The SMILES string of the molecule is COc1ccc(C(=O)CNc2ccc3ccccc3c2)cc1F. The Bertz CT molecular complexity index is 861. The van der Waals surface area contributed by atoms with Crippen LogP contribution in [-0.2, 0) is 0 Å². The summed E-state index contributed by atoms with van der Waals surface area (Å²) in [7, 11) is 1.39. The van der Waals surface area contributed by atoms with Gasteiger partial charge in [-0.3, -0.25) is 4.79 Å². The first-order chi connectivity index (χ1) is 11.2. The molecule has 0 atom stereocenters. The Balaban J connectivity index is 1.71. The highest BCUT2D eigenvalue weighted by Gasteiger charge is 2.10. The Morgan fingerprint density at radius 3 is 2.57 bits per heavy atom. The molecule has 23 heavy (non-hydrogen) atoms. The van der Waals surface area contributed by atoms with E-state index in [0.717, 1.165) is 16.5 Å². The van der Waals surface area contributed by atoms with Gasteiger partial charge < -0.3 is 10.1 Å². The standard InChI is InChI=1S/C19H16FNO2/c1-23-19-9-7-15(11-17(19)20)18(22)12-21-16-8-6-13-4-2-3-5-14(13)10-16/h2-11,21H,12H2,1H3. The minimum Gasteiger partial charge on any atom is -0.494 e. The van der Waals surface area contributed by atoms with Crippen molar-refractivity contribution in [2.45, 2.75) is 0 Å². The van der Waals surface area contributed by atoms with Crippen LogP contribution in [-0.4, -0.2) is 19.4 Å². The smallest absolute Gasteiger partial charge is 0.181 e. The maximum absolute atomic E-state index is 13.7. The highest BCUT2D eigenvalue weighted by Crippen LogP contribution is 2.20. The molecule has 0 aromatic heterocycles. The fourth-order valence-corrected chi connectivity index (χ4v) is 2.42. The number of ether oxygens (including phenoxy) is 1. The average molecular weight is 309 g/mol. The van der Waals surface area contributed by atoms with Gasteiger partial charge in [0.1, 0.15) is 0 Å². The van der Waals surface area contributed by atoms with E-state index in [1.54, 1.807) is 6.07 Å². The van der Waals surface area contributed by atoms with E-state index in [2.05, 4.69) is 5.32 Å². The highest BCUT2D eigenvalue weighted by atomic mass is 19.1. The van der Waals surface area contributed by atoms with Crippen molar-refractivity contribution < 1.29 is 13.9 Å². The summed E-state index contributed by atoms with van der Waals surface area (Å²) in [5.74, 6) is -0.590. The minimum absolute atomic E-state index is 0.101. The molecule has 0 aliphatic heterocycles. The molecule has 116 valence electrons. The second kappa shape index (κ2) is 6.48. The van der Waals surface area contributed by atoms with Crippen molar-refractivity contribution in [2.75, 3.05) is 19.0 Å². The number of methoxy groups -OCH3 is 1. The molecule has 0 saturated heterocycles. The number of anilines is 1. The van der Waals surface area contributed by atoms with Crippen LogP contribution in [0.1, 0.15) is 10.4 Å². The van der Waals surface area contributed by atoms with E-state index in [1.807, 2.05) is 42.5 Å². The van der Waals surface area contributed by atoms with Crippen LogP contribution in [0.15, 0.2) is 60.7 Å². The van der Waals surface area contributed by atoms with Gasteiger partial charge in [0.2, 0.25) is 0 Å². The van der Waals surface area contributed by atoms with Crippen LogP contribution in [0.25, 0.3) is 10.8 Å². The fraction of sp³-hybridized carbons (Fsp3) is 0.105. The van der Waals surface area contributed by atoms with Crippen LogP contribution < -0.4 is 10.1 Å². The normalized spacial score (nSPS) is 10.5. The van der Waals surface area contributed by atoms with Crippen molar-refractivity contribution >= 4 is 22.2 Å². The fourth-order valence-electron chi connectivity index (χ4n) is 2.42. The first-order valence-corrected chi connectivity index (χ1v) is 7.27. The molecule has 0 radical (unpaired) electrons. The van der Waals surface area contributed by atoms with Gasteiger partial charge >= 0.3 is 0 Å². The first-order valence-electron chi connectivity index (χ1n) is 7.27. The number of benzene rings is 3.